The number of halogens is 1. The number of nitrogens with one attached hydrogen (secondary N) is 1. The number of aromatic nitrogens is 2. The number of nitrogens with zero attached hydrogens (tertiary/aromatic N) is 2. The van der Waals surface area contributed by atoms with Gasteiger partial charge in [0.05, 0.1) is 0 Å². The van der Waals surface area contributed by atoms with Gasteiger partial charge in [0.25, 0.3) is 0 Å². The molecule has 0 radical (unpaired) electrons. The predicted molar refractivity (Wildman–Crippen MR) is 78.7 cm³/mol. The van der Waals surface area contributed by atoms with E-state index in [1.807, 2.05) is 13.8 Å². The number of rotatable bonds is 6. The molecule has 0 aliphatic carbocycles. The molecule has 7 heteroatoms. The van der Waals surface area contributed by atoms with Gasteiger partial charge in [-0.25, -0.2) is 4.39 Å². The van der Waals surface area contributed by atoms with E-state index >= 15 is 0 Å². The molecule has 0 unspecified atom stereocenters. The van der Waals surface area contributed by atoms with Crippen molar-refractivity contribution < 1.29 is 13.9 Å². The lowest BCUT2D eigenvalue weighted by molar-refractivity contribution is -0.116. The minimum absolute atomic E-state index is 0.0947. The maximum atomic E-state index is 13.4. The number of ether oxygens (including phenoxy) is 1. The van der Waals surface area contributed by atoms with Crippen LogP contribution in [0.25, 0.3) is 0 Å². The van der Waals surface area contributed by atoms with Crippen molar-refractivity contribution in [3.05, 3.63) is 35.1 Å². The summed E-state index contributed by atoms with van der Waals surface area (Å²) in [6.45, 7) is 4.04. The molecular formula is C14H16FN3O2S. The quantitative estimate of drug-likeness (QED) is 0.889. The number of anilines is 1. The van der Waals surface area contributed by atoms with Gasteiger partial charge < -0.3 is 10.1 Å². The highest BCUT2D eigenvalue weighted by atomic mass is 32.1. The Bertz CT molecular complexity index is 616. The second-order valence-corrected chi connectivity index (χ2v) is 5.93. The van der Waals surface area contributed by atoms with Crippen molar-refractivity contribution in [2.24, 2.45) is 5.92 Å². The third kappa shape index (κ3) is 4.78. The summed E-state index contributed by atoms with van der Waals surface area (Å²) in [5.74, 6) is -0.0740. The topological polar surface area (TPSA) is 64.1 Å². The van der Waals surface area contributed by atoms with Crippen LogP contribution in [0.4, 0.5) is 9.52 Å². The van der Waals surface area contributed by atoms with Crippen molar-refractivity contribution in [2.75, 3.05) is 5.32 Å². The predicted octanol–water partition coefficient (Wildman–Crippen LogP) is 3.24. The molecule has 0 atom stereocenters. The lowest BCUT2D eigenvalue weighted by Crippen LogP contribution is -2.13. The highest BCUT2D eigenvalue weighted by Gasteiger charge is 2.10. The summed E-state index contributed by atoms with van der Waals surface area (Å²) in [4.78, 5) is 11.6. The standard InChI is InChI=1S/C14H16FN3O2S/c1-9(2)7-12(19)16-14-18-17-13(21-14)8-20-11-6-4-3-5-10(11)15/h3-6,9H,7-8H2,1-2H3,(H,16,18,19). The van der Waals surface area contributed by atoms with Gasteiger partial charge in [0.15, 0.2) is 16.6 Å². The van der Waals surface area contributed by atoms with E-state index in [0.29, 0.717) is 16.6 Å². The second kappa shape index (κ2) is 7.12. The molecule has 1 N–H and O–H groups in total. The minimum atomic E-state index is -0.424. The molecule has 112 valence electrons. The normalized spacial score (nSPS) is 10.7. The second-order valence-electron chi connectivity index (χ2n) is 4.87. The van der Waals surface area contributed by atoms with Crippen LogP contribution in [0.15, 0.2) is 24.3 Å². The van der Waals surface area contributed by atoms with Gasteiger partial charge in [0, 0.05) is 6.42 Å². The highest BCUT2D eigenvalue weighted by Crippen LogP contribution is 2.20. The van der Waals surface area contributed by atoms with Crippen molar-refractivity contribution in [2.45, 2.75) is 26.9 Å². The van der Waals surface area contributed by atoms with Gasteiger partial charge in [0.1, 0.15) is 6.61 Å². The Balaban J connectivity index is 1.89. The van der Waals surface area contributed by atoms with Gasteiger partial charge in [-0.1, -0.05) is 37.3 Å². The first-order chi connectivity index (χ1) is 10.0. The Labute approximate surface area is 126 Å². The van der Waals surface area contributed by atoms with Crippen molar-refractivity contribution in [3.63, 3.8) is 0 Å². The SMILES string of the molecule is CC(C)CC(=O)Nc1nnc(COc2ccccc2F)s1. The summed E-state index contributed by atoms with van der Waals surface area (Å²) in [5, 5.41) is 11.4. The molecule has 2 aromatic rings. The number of carbonyl (C=O) groups is 1. The van der Waals surface area contributed by atoms with Crippen molar-refractivity contribution >= 4 is 22.4 Å². The molecule has 21 heavy (non-hydrogen) atoms. The smallest absolute Gasteiger partial charge is 0.226 e. The lowest BCUT2D eigenvalue weighted by Gasteiger charge is -2.04. The molecule has 1 heterocycles. The molecule has 2 rings (SSSR count). The molecule has 0 spiro atoms. The molecule has 0 bridgehead atoms. The highest BCUT2D eigenvalue weighted by molar-refractivity contribution is 7.15. The number of benzene rings is 1. The third-order valence-electron chi connectivity index (χ3n) is 2.49. The largest absolute Gasteiger partial charge is 0.483 e. The zero-order valence-corrected chi connectivity index (χ0v) is 12.6. The van der Waals surface area contributed by atoms with E-state index in [-0.39, 0.29) is 24.2 Å². The summed E-state index contributed by atoms with van der Waals surface area (Å²) in [6, 6.07) is 6.15. The molecule has 0 aliphatic rings. The van der Waals surface area contributed by atoms with Crippen LogP contribution >= 0.6 is 11.3 Å². The first kappa shape index (κ1) is 15.4. The van der Waals surface area contributed by atoms with Crippen LogP contribution in [0, 0.1) is 11.7 Å². The summed E-state index contributed by atoms with van der Waals surface area (Å²) in [7, 11) is 0. The lowest BCUT2D eigenvalue weighted by atomic mass is 10.1. The summed E-state index contributed by atoms with van der Waals surface area (Å²) < 4.78 is 18.7. The van der Waals surface area contributed by atoms with Gasteiger partial charge in [-0.3, -0.25) is 4.79 Å². The van der Waals surface area contributed by atoms with Gasteiger partial charge in [-0.05, 0) is 18.1 Å². The van der Waals surface area contributed by atoms with E-state index in [0.717, 1.165) is 0 Å². The molecule has 0 fully saturated rings. The third-order valence-corrected chi connectivity index (χ3v) is 3.31. The first-order valence-corrected chi connectivity index (χ1v) is 7.36. The number of amides is 1. The monoisotopic (exact) mass is 309 g/mol. The summed E-state index contributed by atoms with van der Waals surface area (Å²) in [6.07, 6.45) is 0.431. The van der Waals surface area contributed by atoms with Gasteiger partial charge in [0.2, 0.25) is 11.0 Å². The molecule has 5 nitrogen and oxygen atoms in total. The average molecular weight is 309 g/mol. The van der Waals surface area contributed by atoms with Gasteiger partial charge >= 0.3 is 0 Å². The number of para-hydroxylation sites is 1. The van der Waals surface area contributed by atoms with Crippen molar-refractivity contribution in [1.29, 1.82) is 0 Å². The Kier molecular flexibility index (Phi) is 5.21. The zero-order valence-electron chi connectivity index (χ0n) is 11.8. The maximum absolute atomic E-state index is 13.4. The van der Waals surface area contributed by atoms with Gasteiger partial charge in [-0.2, -0.15) is 0 Å². The van der Waals surface area contributed by atoms with E-state index < -0.39 is 5.82 Å². The fraction of sp³-hybridized carbons (Fsp3) is 0.357. The van der Waals surface area contributed by atoms with Crippen LogP contribution < -0.4 is 10.1 Å². The number of hydrogen-bond acceptors (Lipinski definition) is 5. The minimum Gasteiger partial charge on any atom is -0.483 e. The Hall–Kier alpha value is -2.02. The molecule has 0 aliphatic heterocycles. The van der Waals surface area contributed by atoms with E-state index in [4.69, 9.17) is 4.74 Å². The molecule has 1 amide bonds. The molecule has 1 aromatic heterocycles. The average Bonchev–Trinajstić information content (AvgIpc) is 2.84. The first-order valence-electron chi connectivity index (χ1n) is 6.54. The van der Waals surface area contributed by atoms with E-state index in [1.165, 1.54) is 17.4 Å². The summed E-state index contributed by atoms with van der Waals surface area (Å²) >= 11 is 1.21. The van der Waals surface area contributed by atoms with Crippen molar-refractivity contribution in [1.82, 2.24) is 10.2 Å². The van der Waals surface area contributed by atoms with E-state index in [9.17, 15) is 9.18 Å². The Morgan fingerprint density at radius 2 is 2.14 bits per heavy atom. The van der Waals surface area contributed by atoms with Crippen LogP contribution in [0.2, 0.25) is 0 Å². The van der Waals surface area contributed by atoms with Crippen molar-refractivity contribution in [3.8, 4) is 5.75 Å². The van der Waals surface area contributed by atoms with E-state index in [1.54, 1.807) is 18.2 Å². The Morgan fingerprint density at radius 3 is 2.86 bits per heavy atom. The molecule has 1 aromatic carbocycles. The fourth-order valence-electron chi connectivity index (χ4n) is 1.60. The maximum Gasteiger partial charge on any atom is 0.226 e. The fourth-order valence-corrected chi connectivity index (χ4v) is 2.27. The van der Waals surface area contributed by atoms with E-state index in [2.05, 4.69) is 15.5 Å². The van der Waals surface area contributed by atoms with Crippen LogP contribution in [-0.2, 0) is 11.4 Å². The zero-order chi connectivity index (χ0) is 15.2. The van der Waals surface area contributed by atoms with Crippen LogP contribution in [0.5, 0.6) is 5.75 Å². The molecule has 0 saturated heterocycles. The summed E-state index contributed by atoms with van der Waals surface area (Å²) in [5.41, 5.74) is 0. The number of hydrogen-bond donors (Lipinski definition) is 1. The molecule has 0 saturated carbocycles. The molecular weight excluding hydrogens is 293 g/mol. The van der Waals surface area contributed by atoms with Crippen LogP contribution in [0.1, 0.15) is 25.3 Å². The van der Waals surface area contributed by atoms with Crippen LogP contribution in [-0.4, -0.2) is 16.1 Å². The number of carbonyl (C=O) groups excluding carboxylic acids is 1. The van der Waals surface area contributed by atoms with Gasteiger partial charge in [-0.15, -0.1) is 10.2 Å². The van der Waals surface area contributed by atoms with Crippen LogP contribution in [0.3, 0.4) is 0 Å². The Morgan fingerprint density at radius 1 is 1.38 bits per heavy atom.